The number of carbonyl (C=O) groups is 2. The van der Waals surface area contributed by atoms with Crippen molar-refractivity contribution in [1.82, 2.24) is 10.2 Å². The van der Waals surface area contributed by atoms with Gasteiger partial charge in [0.15, 0.2) is 0 Å². The Morgan fingerprint density at radius 2 is 1.82 bits per heavy atom. The van der Waals surface area contributed by atoms with Gasteiger partial charge in [-0.1, -0.05) is 0 Å². The first-order valence-corrected chi connectivity index (χ1v) is 9.39. The summed E-state index contributed by atoms with van der Waals surface area (Å²) >= 11 is 0. The van der Waals surface area contributed by atoms with Crippen molar-refractivity contribution in [2.45, 2.75) is 50.4 Å². The summed E-state index contributed by atoms with van der Waals surface area (Å²) in [5.74, 6) is -0.604. The summed E-state index contributed by atoms with van der Waals surface area (Å²) in [6.07, 6.45) is -0.784. The number of anilines is 1. The summed E-state index contributed by atoms with van der Waals surface area (Å²) in [6, 6.07) is 3.88. The number of hydrogen-bond acceptors (Lipinski definition) is 3. The SMILES string of the molecule is Cl.O=C(c1cc(N2CCCC2=O)cc(C(F)(F)F)c1)N1CCC2CCC(C1)N2. The Bertz CT molecular complexity index is 771. The van der Waals surface area contributed by atoms with Gasteiger partial charge in [-0.2, -0.15) is 13.2 Å². The van der Waals surface area contributed by atoms with E-state index in [1.807, 2.05) is 0 Å². The highest BCUT2D eigenvalue weighted by atomic mass is 35.5. The molecule has 4 rings (SSSR count). The average molecular weight is 418 g/mol. The predicted octanol–water partition coefficient (Wildman–Crippen LogP) is 3.22. The fraction of sp³-hybridized carbons (Fsp3) is 0.579. The van der Waals surface area contributed by atoms with E-state index in [9.17, 15) is 22.8 Å². The van der Waals surface area contributed by atoms with Crippen molar-refractivity contribution < 1.29 is 22.8 Å². The fourth-order valence-electron chi connectivity index (χ4n) is 4.29. The van der Waals surface area contributed by atoms with Crippen molar-refractivity contribution in [1.29, 1.82) is 0 Å². The Hall–Kier alpha value is -1.80. The zero-order valence-electron chi connectivity index (χ0n) is 15.3. The van der Waals surface area contributed by atoms with Crippen LogP contribution in [0.15, 0.2) is 18.2 Å². The number of nitrogens with one attached hydrogen (secondary N) is 1. The van der Waals surface area contributed by atoms with Crippen molar-refractivity contribution in [3.8, 4) is 0 Å². The second kappa shape index (κ2) is 7.91. The van der Waals surface area contributed by atoms with Gasteiger partial charge in [0.2, 0.25) is 5.91 Å². The number of halogens is 4. The standard InChI is InChI=1S/C19H22F3N3O2.ClH/c20-19(21,22)13-8-12(9-16(10-13)25-6-1-2-17(25)26)18(27)24-7-5-14-3-4-15(11-24)23-14;/h8-10,14-15,23H,1-7,11H2;1H. The molecular formula is C19H23ClF3N3O2. The quantitative estimate of drug-likeness (QED) is 0.804. The molecule has 0 aliphatic carbocycles. The van der Waals surface area contributed by atoms with Crippen LogP contribution in [0.2, 0.25) is 0 Å². The third-order valence-corrected chi connectivity index (χ3v) is 5.69. The van der Waals surface area contributed by atoms with Gasteiger partial charge in [0.25, 0.3) is 5.91 Å². The Kier molecular flexibility index (Phi) is 5.91. The molecule has 0 radical (unpaired) electrons. The minimum Gasteiger partial charge on any atom is -0.337 e. The Labute approximate surface area is 167 Å². The summed E-state index contributed by atoms with van der Waals surface area (Å²) in [5, 5.41) is 3.46. The molecule has 2 atom stereocenters. The molecule has 2 bridgehead atoms. The van der Waals surface area contributed by atoms with Gasteiger partial charge in [-0.15, -0.1) is 12.4 Å². The monoisotopic (exact) mass is 417 g/mol. The molecule has 3 heterocycles. The zero-order valence-corrected chi connectivity index (χ0v) is 16.1. The van der Waals surface area contributed by atoms with Gasteiger partial charge in [0, 0.05) is 49.4 Å². The van der Waals surface area contributed by atoms with E-state index in [1.165, 1.54) is 11.0 Å². The minimum atomic E-state index is -4.58. The third kappa shape index (κ3) is 4.12. The topological polar surface area (TPSA) is 52.7 Å². The van der Waals surface area contributed by atoms with Crippen molar-refractivity contribution in [2.24, 2.45) is 0 Å². The van der Waals surface area contributed by atoms with Gasteiger partial charge in [0.1, 0.15) is 0 Å². The summed E-state index contributed by atoms with van der Waals surface area (Å²) in [4.78, 5) is 28.0. The molecule has 1 aromatic carbocycles. The Balaban J connectivity index is 0.00000225. The maximum absolute atomic E-state index is 13.4. The molecule has 5 nitrogen and oxygen atoms in total. The minimum absolute atomic E-state index is 0. The molecule has 9 heteroatoms. The molecular weight excluding hydrogens is 395 g/mol. The molecule has 0 spiro atoms. The van der Waals surface area contributed by atoms with Crippen LogP contribution in [0.25, 0.3) is 0 Å². The summed E-state index contributed by atoms with van der Waals surface area (Å²) in [7, 11) is 0. The van der Waals surface area contributed by atoms with Gasteiger partial charge in [0.05, 0.1) is 5.56 Å². The fourth-order valence-corrected chi connectivity index (χ4v) is 4.29. The molecule has 0 aromatic heterocycles. The van der Waals surface area contributed by atoms with Crippen LogP contribution in [0.1, 0.15) is 48.0 Å². The summed E-state index contributed by atoms with van der Waals surface area (Å²) < 4.78 is 40.2. The molecule has 28 heavy (non-hydrogen) atoms. The lowest BCUT2D eigenvalue weighted by atomic mass is 10.0. The maximum atomic E-state index is 13.4. The summed E-state index contributed by atoms with van der Waals surface area (Å²) in [5.41, 5.74) is -0.736. The lowest BCUT2D eigenvalue weighted by Gasteiger charge is -2.26. The second-order valence-corrected chi connectivity index (χ2v) is 7.59. The predicted molar refractivity (Wildman–Crippen MR) is 101 cm³/mol. The smallest absolute Gasteiger partial charge is 0.337 e. The second-order valence-electron chi connectivity index (χ2n) is 7.59. The molecule has 154 valence electrons. The number of hydrogen-bond donors (Lipinski definition) is 1. The van der Waals surface area contributed by atoms with Crippen LogP contribution in [0, 0.1) is 0 Å². The van der Waals surface area contributed by atoms with Crippen LogP contribution < -0.4 is 10.2 Å². The van der Waals surface area contributed by atoms with E-state index in [2.05, 4.69) is 5.32 Å². The number of nitrogens with zero attached hydrogens (tertiary/aromatic N) is 2. The molecule has 2 amide bonds. The molecule has 3 aliphatic heterocycles. The van der Waals surface area contributed by atoms with Crippen LogP contribution in [0.5, 0.6) is 0 Å². The first-order chi connectivity index (χ1) is 12.8. The highest BCUT2D eigenvalue weighted by molar-refractivity contribution is 5.99. The number of amides is 2. The molecule has 3 aliphatic rings. The lowest BCUT2D eigenvalue weighted by molar-refractivity contribution is -0.137. The number of benzene rings is 1. The first kappa shape index (κ1) is 20.9. The Morgan fingerprint density at radius 3 is 2.50 bits per heavy atom. The van der Waals surface area contributed by atoms with Gasteiger partial charge in [-0.3, -0.25) is 9.59 Å². The third-order valence-electron chi connectivity index (χ3n) is 5.69. The van der Waals surface area contributed by atoms with Crippen molar-refractivity contribution in [3.63, 3.8) is 0 Å². The van der Waals surface area contributed by atoms with Crippen LogP contribution >= 0.6 is 12.4 Å². The number of carbonyl (C=O) groups excluding carboxylic acids is 2. The van der Waals surface area contributed by atoms with Crippen LogP contribution in [-0.4, -0.2) is 48.4 Å². The van der Waals surface area contributed by atoms with Crippen molar-refractivity contribution in [3.05, 3.63) is 29.3 Å². The number of alkyl halides is 3. The molecule has 0 saturated carbocycles. The molecule has 2 unspecified atom stereocenters. The van der Waals surface area contributed by atoms with E-state index in [0.29, 0.717) is 38.5 Å². The molecule has 3 saturated heterocycles. The Morgan fingerprint density at radius 1 is 1.07 bits per heavy atom. The largest absolute Gasteiger partial charge is 0.416 e. The van der Waals surface area contributed by atoms with Gasteiger partial charge in [-0.05, 0) is 43.9 Å². The number of rotatable bonds is 2. The van der Waals surface area contributed by atoms with E-state index in [0.717, 1.165) is 31.4 Å². The zero-order chi connectivity index (χ0) is 19.2. The van der Waals surface area contributed by atoms with Crippen LogP contribution in [-0.2, 0) is 11.0 Å². The van der Waals surface area contributed by atoms with E-state index in [1.54, 1.807) is 4.90 Å². The van der Waals surface area contributed by atoms with Crippen molar-refractivity contribution in [2.75, 3.05) is 24.5 Å². The number of fused-ring (bicyclic) bond motifs is 2. The average Bonchev–Trinajstić information content (AvgIpc) is 3.18. The molecule has 1 N–H and O–H groups in total. The first-order valence-electron chi connectivity index (χ1n) is 9.39. The highest BCUT2D eigenvalue weighted by Gasteiger charge is 2.35. The molecule has 1 aromatic rings. The highest BCUT2D eigenvalue weighted by Crippen LogP contribution is 2.34. The molecule has 3 fully saturated rings. The lowest BCUT2D eigenvalue weighted by Crippen LogP contribution is -2.39. The van der Waals surface area contributed by atoms with Crippen molar-refractivity contribution >= 4 is 29.9 Å². The van der Waals surface area contributed by atoms with E-state index in [4.69, 9.17) is 0 Å². The maximum Gasteiger partial charge on any atom is 0.416 e. The van der Waals surface area contributed by atoms with Crippen LogP contribution in [0.3, 0.4) is 0 Å². The van der Waals surface area contributed by atoms with Gasteiger partial charge >= 0.3 is 6.18 Å². The number of likely N-dealkylation sites (tertiary alicyclic amines) is 1. The van der Waals surface area contributed by atoms with Gasteiger partial charge < -0.3 is 15.1 Å². The van der Waals surface area contributed by atoms with Gasteiger partial charge in [-0.25, -0.2) is 0 Å². The summed E-state index contributed by atoms with van der Waals surface area (Å²) in [6.45, 7) is 1.41. The van der Waals surface area contributed by atoms with E-state index in [-0.39, 0.29) is 35.6 Å². The van der Waals surface area contributed by atoms with E-state index < -0.39 is 17.6 Å². The normalized spacial score (nSPS) is 24.9. The van der Waals surface area contributed by atoms with E-state index >= 15 is 0 Å². The van der Waals surface area contributed by atoms with Crippen LogP contribution in [0.4, 0.5) is 18.9 Å².